The molecule has 0 aliphatic heterocycles. The van der Waals surface area contributed by atoms with E-state index in [4.69, 9.17) is 16.3 Å². The van der Waals surface area contributed by atoms with E-state index >= 15 is 0 Å². The van der Waals surface area contributed by atoms with Crippen LogP contribution >= 0.6 is 11.6 Å². The van der Waals surface area contributed by atoms with Gasteiger partial charge in [-0.2, -0.15) is 0 Å². The Morgan fingerprint density at radius 1 is 1.26 bits per heavy atom. The van der Waals surface area contributed by atoms with E-state index in [0.717, 1.165) is 11.3 Å². The first-order valence-electron chi connectivity index (χ1n) is 7.09. The SMILES string of the molecule is Cc1cnc(Cl)nc1Nc1cccc(NC(=O)OC(C)(C)C)c1. The lowest BCUT2D eigenvalue weighted by atomic mass is 10.2. The third kappa shape index (κ3) is 5.41. The lowest BCUT2D eigenvalue weighted by molar-refractivity contribution is 0.0636. The van der Waals surface area contributed by atoms with Crippen molar-refractivity contribution in [2.45, 2.75) is 33.3 Å². The van der Waals surface area contributed by atoms with Gasteiger partial charge >= 0.3 is 6.09 Å². The molecule has 7 heteroatoms. The van der Waals surface area contributed by atoms with Gasteiger partial charge in [0, 0.05) is 23.1 Å². The van der Waals surface area contributed by atoms with Gasteiger partial charge in [0.15, 0.2) is 0 Å². The highest BCUT2D eigenvalue weighted by molar-refractivity contribution is 6.28. The van der Waals surface area contributed by atoms with E-state index in [1.54, 1.807) is 18.3 Å². The number of ether oxygens (including phenoxy) is 1. The summed E-state index contributed by atoms with van der Waals surface area (Å²) in [5, 5.41) is 6.01. The Balaban J connectivity index is 2.11. The van der Waals surface area contributed by atoms with Gasteiger partial charge in [-0.05, 0) is 57.5 Å². The van der Waals surface area contributed by atoms with Gasteiger partial charge in [-0.1, -0.05) is 6.07 Å². The summed E-state index contributed by atoms with van der Waals surface area (Å²) in [7, 11) is 0. The number of carbonyl (C=O) groups is 1. The minimum Gasteiger partial charge on any atom is -0.444 e. The zero-order valence-electron chi connectivity index (χ0n) is 13.5. The monoisotopic (exact) mass is 334 g/mol. The van der Waals surface area contributed by atoms with Crippen LogP contribution in [0.1, 0.15) is 26.3 Å². The molecule has 122 valence electrons. The second kappa shape index (κ2) is 6.83. The van der Waals surface area contributed by atoms with Crippen molar-refractivity contribution in [1.82, 2.24) is 9.97 Å². The molecule has 1 amide bonds. The van der Waals surface area contributed by atoms with Gasteiger partial charge in [0.05, 0.1) is 0 Å². The molecule has 0 spiro atoms. The molecule has 1 aromatic heterocycles. The topological polar surface area (TPSA) is 76.1 Å². The van der Waals surface area contributed by atoms with E-state index in [-0.39, 0.29) is 5.28 Å². The Kier molecular flexibility index (Phi) is 5.05. The Morgan fingerprint density at radius 2 is 1.96 bits per heavy atom. The highest BCUT2D eigenvalue weighted by atomic mass is 35.5. The van der Waals surface area contributed by atoms with E-state index in [0.29, 0.717) is 11.5 Å². The Hall–Kier alpha value is -2.34. The normalized spacial score (nSPS) is 11.0. The zero-order valence-corrected chi connectivity index (χ0v) is 14.2. The van der Waals surface area contributed by atoms with Crippen molar-refractivity contribution in [3.05, 3.63) is 41.3 Å². The van der Waals surface area contributed by atoms with Crippen LogP contribution in [0.5, 0.6) is 0 Å². The molecule has 2 rings (SSSR count). The fraction of sp³-hybridized carbons (Fsp3) is 0.312. The summed E-state index contributed by atoms with van der Waals surface area (Å²) in [5.74, 6) is 0.611. The van der Waals surface area contributed by atoms with Crippen molar-refractivity contribution in [1.29, 1.82) is 0 Å². The average molecular weight is 335 g/mol. The van der Waals surface area contributed by atoms with Gasteiger partial charge in [0.1, 0.15) is 11.4 Å². The Bertz CT molecular complexity index is 713. The van der Waals surface area contributed by atoms with Crippen molar-refractivity contribution in [2.75, 3.05) is 10.6 Å². The number of nitrogens with one attached hydrogen (secondary N) is 2. The Morgan fingerprint density at radius 3 is 2.65 bits per heavy atom. The standard InChI is InChI=1S/C16H19ClN4O2/c1-10-9-18-14(17)21-13(10)19-11-6-5-7-12(8-11)20-15(22)23-16(2,3)4/h5-9H,1-4H3,(H,20,22)(H,18,19,21). The average Bonchev–Trinajstić information content (AvgIpc) is 2.41. The Labute approximate surface area is 140 Å². The molecule has 6 nitrogen and oxygen atoms in total. The number of hydrogen-bond donors (Lipinski definition) is 2. The number of rotatable bonds is 3. The quantitative estimate of drug-likeness (QED) is 0.806. The van der Waals surface area contributed by atoms with Crippen molar-refractivity contribution in [2.24, 2.45) is 0 Å². The maximum atomic E-state index is 11.8. The second-order valence-electron chi connectivity index (χ2n) is 6.00. The smallest absolute Gasteiger partial charge is 0.412 e. The van der Waals surface area contributed by atoms with Crippen molar-refractivity contribution in [3.63, 3.8) is 0 Å². The van der Waals surface area contributed by atoms with Crippen LogP contribution in [0.25, 0.3) is 0 Å². The van der Waals surface area contributed by atoms with Crippen molar-refractivity contribution < 1.29 is 9.53 Å². The molecule has 2 N–H and O–H groups in total. The number of nitrogens with zero attached hydrogens (tertiary/aromatic N) is 2. The lowest BCUT2D eigenvalue weighted by Crippen LogP contribution is -2.27. The van der Waals surface area contributed by atoms with E-state index in [9.17, 15) is 4.79 Å². The first-order valence-corrected chi connectivity index (χ1v) is 7.47. The minimum atomic E-state index is -0.547. The molecule has 0 unspecified atom stereocenters. The van der Waals surface area contributed by atoms with Crippen molar-refractivity contribution in [3.8, 4) is 0 Å². The summed E-state index contributed by atoms with van der Waals surface area (Å²) < 4.78 is 5.23. The third-order valence-corrected chi connectivity index (χ3v) is 2.90. The summed E-state index contributed by atoms with van der Waals surface area (Å²) in [6.07, 6.45) is 1.14. The molecule has 0 aliphatic carbocycles. The number of amides is 1. The number of carbonyl (C=O) groups excluding carboxylic acids is 1. The number of anilines is 3. The number of aryl methyl sites for hydroxylation is 1. The first-order chi connectivity index (χ1) is 10.7. The zero-order chi connectivity index (χ0) is 17.0. The number of halogens is 1. The first kappa shape index (κ1) is 17.0. The van der Waals surface area contributed by atoms with E-state index in [2.05, 4.69) is 20.6 Å². The van der Waals surface area contributed by atoms with Gasteiger partial charge in [0.25, 0.3) is 0 Å². The van der Waals surface area contributed by atoms with Gasteiger partial charge < -0.3 is 10.1 Å². The molecular weight excluding hydrogens is 316 g/mol. The molecule has 0 fully saturated rings. The fourth-order valence-corrected chi connectivity index (χ4v) is 1.91. The van der Waals surface area contributed by atoms with Crippen molar-refractivity contribution >= 4 is 34.9 Å². The number of hydrogen-bond acceptors (Lipinski definition) is 5. The predicted octanol–water partition coefficient (Wildman–Crippen LogP) is 4.53. The molecule has 1 aromatic carbocycles. The van der Waals surface area contributed by atoms with Crippen LogP contribution in [0.3, 0.4) is 0 Å². The van der Waals surface area contributed by atoms with E-state index < -0.39 is 11.7 Å². The van der Waals surface area contributed by atoms with E-state index in [1.165, 1.54) is 0 Å². The van der Waals surface area contributed by atoms with Gasteiger partial charge in [-0.25, -0.2) is 14.8 Å². The molecule has 2 aromatic rings. The molecule has 0 aliphatic rings. The van der Waals surface area contributed by atoms with Crippen LogP contribution < -0.4 is 10.6 Å². The van der Waals surface area contributed by atoms with Crippen LogP contribution in [0, 0.1) is 6.92 Å². The van der Waals surface area contributed by atoms with Crippen LogP contribution in [-0.4, -0.2) is 21.7 Å². The second-order valence-corrected chi connectivity index (χ2v) is 6.34. The number of aromatic nitrogens is 2. The third-order valence-electron chi connectivity index (χ3n) is 2.71. The molecule has 0 saturated heterocycles. The van der Waals surface area contributed by atoms with Crippen LogP contribution in [0.15, 0.2) is 30.5 Å². The van der Waals surface area contributed by atoms with Gasteiger partial charge in [-0.15, -0.1) is 0 Å². The van der Waals surface area contributed by atoms with Crippen LogP contribution in [-0.2, 0) is 4.74 Å². The van der Waals surface area contributed by atoms with Crippen LogP contribution in [0.4, 0.5) is 22.0 Å². The predicted molar refractivity (Wildman–Crippen MR) is 91.4 cm³/mol. The van der Waals surface area contributed by atoms with Gasteiger partial charge in [0.2, 0.25) is 5.28 Å². The molecule has 1 heterocycles. The largest absolute Gasteiger partial charge is 0.444 e. The summed E-state index contributed by atoms with van der Waals surface area (Å²) >= 11 is 5.81. The maximum absolute atomic E-state index is 11.8. The summed E-state index contributed by atoms with van der Waals surface area (Å²) in [5.41, 5.74) is 1.69. The van der Waals surface area contributed by atoms with Gasteiger partial charge in [-0.3, -0.25) is 5.32 Å². The molecule has 0 saturated carbocycles. The summed E-state index contributed by atoms with van der Waals surface area (Å²) in [6.45, 7) is 7.31. The summed E-state index contributed by atoms with van der Waals surface area (Å²) in [6, 6.07) is 7.22. The molecular formula is C16H19ClN4O2. The molecule has 0 radical (unpaired) electrons. The molecule has 0 bridgehead atoms. The lowest BCUT2D eigenvalue weighted by Gasteiger charge is -2.19. The minimum absolute atomic E-state index is 0.168. The molecule has 0 atom stereocenters. The highest BCUT2D eigenvalue weighted by Crippen LogP contribution is 2.22. The summed E-state index contributed by atoms with van der Waals surface area (Å²) in [4.78, 5) is 19.9. The molecule has 23 heavy (non-hydrogen) atoms. The maximum Gasteiger partial charge on any atom is 0.412 e. The fourth-order valence-electron chi connectivity index (χ4n) is 1.78. The van der Waals surface area contributed by atoms with Crippen LogP contribution in [0.2, 0.25) is 5.28 Å². The van der Waals surface area contributed by atoms with E-state index in [1.807, 2.05) is 39.8 Å². The number of benzene rings is 1. The highest BCUT2D eigenvalue weighted by Gasteiger charge is 2.16.